The SMILES string of the molecule is CCOc1ncnc(CC(Cl)CC(C)C)c1C. The molecule has 1 rings (SSSR count). The summed E-state index contributed by atoms with van der Waals surface area (Å²) >= 11 is 6.31. The summed E-state index contributed by atoms with van der Waals surface area (Å²) in [6.45, 7) is 8.90. The highest BCUT2D eigenvalue weighted by molar-refractivity contribution is 6.20. The molecular formula is C13H21ClN2O. The van der Waals surface area contributed by atoms with Crippen LogP contribution in [0.1, 0.15) is 38.4 Å². The molecule has 1 heterocycles. The minimum atomic E-state index is 0.123. The molecule has 0 spiro atoms. The van der Waals surface area contributed by atoms with E-state index in [1.165, 1.54) is 0 Å². The predicted molar refractivity (Wildman–Crippen MR) is 70.7 cm³/mol. The molecule has 1 unspecified atom stereocenters. The summed E-state index contributed by atoms with van der Waals surface area (Å²) < 4.78 is 5.45. The van der Waals surface area contributed by atoms with Crippen LogP contribution < -0.4 is 4.74 Å². The molecule has 0 saturated carbocycles. The maximum atomic E-state index is 6.31. The van der Waals surface area contributed by atoms with Crippen molar-refractivity contribution in [2.45, 2.75) is 45.9 Å². The lowest BCUT2D eigenvalue weighted by molar-refractivity contribution is 0.322. The Morgan fingerprint density at radius 2 is 2.06 bits per heavy atom. The Bertz CT molecular complexity index is 355. The Labute approximate surface area is 109 Å². The van der Waals surface area contributed by atoms with Gasteiger partial charge in [-0.1, -0.05) is 13.8 Å². The van der Waals surface area contributed by atoms with Gasteiger partial charge in [0.05, 0.1) is 12.3 Å². The second kappa shape index (κ2) is 6.80. The van der Waals surface area contributed by atoms with Crippen LogP contribution in [0, 0.1) is 12.8 Å². The lowest BCUT2D eigenvalue weighted by atomic mass is 10.0. The number of hydrogen-bond donors (Lipinski definition) is 0. The van der Waals surface area contributed by atoms with Crippen molar-refractivity contribution in [1.29, 1.82) is 0 Å². The van der Waals surface area contributed by atoms with Crippen LogP contribution in [-0.4, -0.2) is 22.0 Å². The van der Waals surface area contributed by atoms with Gasteiger partial charge in [-0.15, -0.1) is 11.6 Å². The van der Waals surface area contributed by atoms with Crippen molar-refractivity contribution in [3.05, 3.63) is 17.6 Å². The standard InChI is InChI=1S/C13H21ClN2O/c1-5-17-13-10(4)12(15-8-16-13)7-11(14)6-9(2)3/h8-9,11H,5-7H2,1-4H3. The minimum absolute atomic E-state index is 0.123. The molecule has 3 nitrogen and oxygen atoms in total. The predicted octanol–water partition coefficient (Wildman–Crippen LogP) is 3.38. The van der Waals surface area contributed by atoms with E-state index >= 15 is 0 Å². The Kier molecular flexibility index (Phi) is 5.69. The van der Waals surface area contributed by atoms with E-state index in [4.69, 9.17) is 16.3 Å². The maximum Gasteiger partial charge on any atom is 0.219 e. The van der Waals surface area contributed by atoms with Crippen molar-refractivity contribution in [3.63, 3.8) is 0 Å². The first-order valence-corrected chi connectivity index (χ1v) is 6.55. The van der Waals surface area contributed by atoms with Crippen molar-refractivity contribution in [3.8, 4) is 5.88 Å². The quantitative estimate of drug-likeness (QED) is 0.732. The van der Waals surface area contributed by atoms with Crippen LogP contribution in [-0.2, 0) is 6.42 Å². The zero-order valence-corrected chi connectivity index (χ0v) is 11.8. The summed E-state index contributed by atoms with van der Waals surface area (Å²) in [5.74, 6) is 1.27. The van der Waals surface area contributed by atoms with E-state index in [0.717, 1.165) is 24.1 Å². The first kappa shape index (κ1) is 14.2. The summed E-state index contributed by atoms with van der Waals surface area (Å²) in [7, 11) is 0. The molecule has 0 amide bonds. The molecule has 0 aliphatic heterocycles. The Balaban J connectivity index is 2.73. The number of rotatable bonds is 6. The highest BCUT2D eigenvalue weighted by Gasteiger charge is 2.13. The van der Waals surface area contributed by atoms with Crippen LogP contribution in [0.25, 0.3) is 0 Å². The zero-order chi connectivity index (χ0) is 12.8. The molecule has 0 aliphatic carbocycles. The lowest BCUT2D eigenvalue weighted by Gasteiger charge is -2.14. The average Bonchev–Trinajstić information content (AvgIpc) is 2.23. The van der Waals surface area contributed by atoms with E-state index in [2.05, 4.69) is 23.8 Å². The third-order valence-electron chi connectivity index (χ3n) is 2.57. The largest absolute Gasteiger partial charge is 0.478 e. The van der Waals surface area contributed by atoms with Crippen LogP contribution in [0.5, 0.6) is 5.88 Å². The van der Waals surface area contributed by atoms with Crippen LogP contribution in [0.2, 0.25) is 0 Å². The number of hydrogen-bond acceptors (Lipinski definition) is 3. The molecule has 4 heteroatoms. The van der Waals surface area contributed by atoms with Crippen LogP contribution in [0.4, 0.5) is 0 Å². The van der Waals surface area contributed by atoms with Crippen molar-refractivity contribution in [2.24, 2.45) is 5.92 Å². The lowest BCUT2D eigenvalue weighted by Crippen LogP contribution is -2.11. The van der Waals surface area contributed by atoms with Crippen LogP contribution in [0.15, 0.2) is 6.33 Å². The summed E-state index contributed by atoms with van der Waals surface area (Å²) in [4.78, 5) is 8.41. The second-order valence-corrected chi connectivity index (χ2v) is 5.23. The van der Waals surface area contributed by atoms with E-state index in [0.29, 0.717) is 18.4 Å². The molecule has 0 radical (unpaired) electrons. The van der Waals surface area contributed by atoms with Crippen molar-refractivity contribution in [2.75, 3.05) is 6.61 Å². The van der Waals surface area contributed by atoms with E-state index in [9.17, 15) is 0 Å². The van der Waals surface area contributed by atoms with Gasteiger partial charge in [-0.05, 0) is 26.2 Å². The molecule has 1 atom stereocenters. The number of alkyl halides is 1. The fraction of sp³-hybridized carbons (Fsp3) is 0.692. The van der Waals surface area contributed by atoms with Gasteiger partial charge in [0.15, 0.2) is 0 Å². The molecule has 0 aromatic carbocycles. The molecule has 1 aromatic heterocycles. The third kappa shape index (κ3) is 4.50. The van der Waals surface area contributed by atoms with Gasteiger partial charge in [0.25, 0.3) is 0 Å². The topological polar surface area (TPSA) is 35.0 Å². The first-order valence-electron chi connectivity index (χ1n) is 6.11. The van der Waals surface area contributed by atoms with Gasteiger partial charge in [0.1, 0.15) is 6.33 Å². The van der Waals surface area contributed by atoms with Crippen molar-refractivity contribution >= 4 is 11.6 Å². The van der Waals surface area contributed by atoms with Gasteiger partial charge >= 0.3 is 0 Å². The van der Waals surface area contributed by atoms with Gasteiger partial charge < -0.3 is 4.74 Å². The van der Waals surface area contributed by atoms with Gasteiger partial charge in [0.2, 0.25) is 5.88 Å². The van der Waals surface area contributed by atoms with E-state index in [-0.39, 0.29) is 5.38 Å². The number of nitrogens with zero attached hydrogens (tertiary/aromatic N) is 2. The monoisotopic (exact) mass is 256 g/mol. The Morgan fingerprint density at radius 1 is 1.35 bits per heavy atom. The highest BCUT2D eigenvalue weighted by Crippen LogP contribution is 2.21. The van der Waals surface area contributed by atoms with Gasteiger partial charge in [-0.25, -0.2) is 9.97 Å². The Morgan fingerprint density at radius 3 is 2.65 bits per heavy atom. The molecule has 0 saturated heterocycles. The fourth-order valence-corrected chi connectivity index (χ4v) is 2.26. The molecule has 0 fully saturated rings. The van der Waals surface area contributed by atoms with Gasteiger partial charge in [0, 0.05) is 17.4 Å². The normalized spacial score (nSPS) is 12.8. The summed E-state index contributed by atoms with van der Waals surface area (Å²) in [5.41, 5.74) is 1.99. The van der Waals surface area contributed by atoms with Crippen LogP contribution >= 0.6 is 11.6 Å². The molecule has 1 aromatic rings. The number of halogens is 1. The molecular weight excluding hydrogens is 236 g/mol. The van der Waals surface area contributed by atoms with E-state index in [1.54, 1.807) is 6.33 Å². The molecule has 17 heavy (non-hydrogen) atoms. The summed E-state index contributed by atoms with van der Waals surface area (Å²) in [6.07, 6.45) is 3.31. The van der Waals surface area contributed by atoms with E-state index < -0.39 is 0 Å². The Hall–Kier alpha value is -0.830. The second-order valence-electron chi connectivity index (χ2n) is 4.61. The van der Waals surface area contributed by atoms with Crippen molar-refractivity contribution in [1.82, 2.24) is 9.97 Å². The highest BCUT2D eigenvalue weighted by atomic mass is 35.5. The molecule has 0 bridgehead atoms. The van der Waals surface area contributed by atoms with Gasteiger partial charge in [-0.3, -0.25) is 0 Å². The summed E-state index contributed by atoms with van der Waals surface area (Å²) in [5, 5.41) is 0.123. The molecule has 0 aliphatic rings. The van der Waals surface area contributed by atoms with Crippen LogP contribution in [0.3, 0.4) is 0 Å². The average molecular weight is 257 g/mol. The first-order chi connectivity index (χ1) is 8.04. The van der Waals surface area contributed by atoms with Crippen molar-refractivity contribution < 1.29 is 4.74 Å². The zero-order valence-electron chi connectivity index (χ0n) is 11.0. The molecule has 96 valence electrons. The number of ether oxygens (including phenoxy) is 1. The number of aromatic nitrogens is 2. The van der Waals surface area contributed by atoms with Gasteiger partial charge in [-0.2, -0.15) is 0 Å². The fourth-order valence-electron chi connectivity index (χ4n) is 1.76. The minimum Gasteiger partial charge on any atom is -0.478 e. The van der Waals surface area contributed by atoms with E-state index in [1.807, 2.05) is 13.8 Å². The summed E-state index contributed by atoms with van der Waals surface area (Å²) in [6, 6.07) is 0. The maximum absolute atomic E-state index is 6.31. The smallest absolute Gasteiger partial charge is 0.219 e. The third-order valence-corrected chi connectivity index (χ3v) is 2.90. The molecule has 0 N–H and O–H groups in total.